The predicted molar refractivity (Wildman–Crippen MR) is 93.7 cm³/mol. The lowest BCUT2D eigenvalue weighted by molar-refractivity contribution is -0.133. The largest absolute Gasteiger partial charge is 0.325 e. The van der Waals surface area contributed by atoms with Crippen LogP contribution in [0, 0.1) is 23.0 Å². The van der Waals surface area contributed by atoms with Gasteiger partial charge in [-0.1, -0.05) is 12.1 Å². The Balaban J connectivity index is 1.81. The maximum absolute atomic E-state index is 14.1. The Bertz CT molecular complexity index is 1030. The third kappa shape index (κ3) is 3.27. The van der Waals surface area contributed by atoms with Crippen LogP contribution in [0.15, 0.2) is 42.5 Å². The predicted octanol–water partition coefficient (Wildman–Crippen LogP) is 2.24. The average Bonchev–Trinajstić information content (AvgIpc) is 2.88. The monoisotopic (exact) mass is 384 g/mol. The summed E-state index contributed by atoms with van der Waals surface area (Å²) >= 11 is 0. The van der Waals surface area contributed by atoms with Gasteiger partial charge in [-0.25, -0.2) is 13.6 Å². The Kier molecular flexibility index (Phi) is 4.79. The van der Waals surface area contributed by atoms with E-state index in [0.717, 1.165) is 18.2 Å². The summed E-state index contributed by atoms with van der Waals surface area (Å²) in [6.07, 6.45) is 0. The Morgan fingerprint density at radius 2 is 1.96 bits per heavy atom. The molecule has 0 bridgehead atoms. The molecule has 0 radical (unpaired) electrons. The molecule has 1 aliphatic rings. The van der Waals surface area contributed by atoms with Crippen molar-refractivity contribution < 1.29 is 23.2 Å². The van der Waals surface area contributed by atoms with E-state index in [-0.39, 0.29) is 16.8 Å². The minimum atomic E-state index is -1.85. The summed E-state index contributed by atoms with van der Waals surface area (Å²) in [5, 5.41) is 13.8. The molecule has 3 rings (SSSR count). The van der Waals surface area contributed by atoms with Gasteiger partial charge in [0, 0.05) is 5.56 Å². The zero-order valence-corrected chi connectivity index (χ0v) is 14.6. The molecule has 1 fully saturated rings. The van der Waals surface area contributed by atoms with Crippen LogP contribution in [-0.2, 0) is 15.1 Å². The van der Waals surface area contributed by atoms with Gasteiger partial charge in [0.15, 0.2) is 0 Å². The van der Waals surface area contributed by atoms with Crippen LogP contribution >= 0.6 is 0 Å². The molecule has 2 N–H and O–H groups in total. The number of para-hydroxylation sites is 1. The van der Waals surface area contributed by atoms with Crippen LogP contribution in [0.4, 0.5) is 19.3 Å². The minimum Gasteiger partial charge on any atom is -0.323 e. The zero-order chi connectivity index (χ0) is 20.5. The van der Waals surface area contributed by atoms with E-state index in [4.69, 9.17) is 5.26 Å². The van der Waals surface area contributed by atoms with Gasteiger partial charge in [-0.05, 0) is 37.3 Å². The van der Waals surface area contributed by atoms with Crippen molar-refractivity contribution in [3.63, 3.8) is 0 Å². The summed E-state index contributed by atoms with van der Waals surface area (Å²) in [6.45, 7) is 0.574. The van der Waals surface area contributed by atoms with Crippen LogP contribution in [0.1, 0.15) is 18.1 Å². The number of nitrogens with one attached hydrogen (secondary N) is 2. The first-order chi connectivity index (χ1) is 13.3. The fraction of sp³-hybridized carbons (Fsp3) is 0.158. The number of halogens is 2. The molecule has 7 nitrogen and oxygen atoms in total. The number of hydrogen-bond donors (Lipinski definition) is 2. The number of carbonyl (C=O) groups excluding carboxylic acids is 3. The molecule has 1 aliphatic heterocycles. The summed E-state index contributed by atoms with van der Waals surface area (Å²) in [5.41, 5.74) is -1.77. The highest BCUT2D eigenvalue weighted by molar-refractivity contribution is 6.10. The van der Waals surface area contributed by atoms with Gasteiger partial charge >= 0.3 is 6.03 Å². The van der Waals surface area contributed by atoms with Gasteiger partial charge in [0.2, 0.25) is 5.91 Å². The van der Waals surface area contributed by atoms with Crippen molar-refractivity contribution in [1.29, 1.82) is 5.26 Å². The average molecular weight is 384 g/mol. The molecule has 0 spiro atoms. The summed E-state index contributed by atoms with van der Waals surface area (Å²) < 4.78 is 27.7. The summed E-state index contributed by atoms with van der Waals surface area (Å²) in [5.74, 6) is -3.27. The van der Waals surface area contributed by atoms with Crippen LogP contribution in [0.2, 0.25) is 0 Å². The molecule has 2 aromatic rings. The van der Waals surface area contributed by atoms with Gasteiger partial charge in [0.1, 0.15) is 29.8 Å². The maximum atomic E-state index is 14.1. The van der Waals surface area contributed by atoms with Gasteiger partial charge in [-0.3, -0.25) is 14.5 Å². The number of carbonyl (C=O) groups is 3. The Labute approximate surface area is 158 Å². The topological polar surface area (TPSA) is 102 Å². The normalized spacial score (nSPS) is 18.6. The summed E-state index contributed by atoms with van der Waals surface area (Å²) in [6, 6.07) is 9.76. The molecule has 1 atom stereocenters. The number of hydrogen-bond acceptors (Lipinski definition) is 4. The lowest BCUT2D eigenvalue weighted by Gasteiger charge is -2.22. The molecule has 0 saturated carbocycles. The van der Waals surface area contributed by atoms with Crippen molar-refractivity contribution in [2.24, 2.45) is 0 Å². The highest BCUT2D eigenvalue weighted by atomic mass is 19.1. The summed E-state index contributed by atoms with van der Waals surface area (Å²) in [4.78, 5) is 37.8. The highest BCUT2D eigenvalue weighted by Gasteiger charge is 2.50. The number of anilines is 1. The van der Waals surface area contributed by atoms with Gasteiger partial charge < -0.3 is 10.6 Å². The van der Waals surface area contributed by atoms with Gasteiger partial charge in [0.25, 0.3) is 5.91 Å². The molecule has 2 aromatic carbocycles. The maximum Gasteiger partial charge on any atom is 0.325 e. The van der Waals surface area contributed by atoms with Crippen LogP contribution in [0.25, 0.3) is 0 Å². The number of imide groups is 1. The molecule has 0 aliphatic carbocycles. The van der Waals surface area contributed by atoms with E-state index in [2.05, 4.69) is 10.6 Å². The second-order valence-corrected chi connectivity index (χ2v) is 6.28. The number of nitrogens with zero attached hydrogens (tertiary/aromatic N) is 2. The molecule has 9 heteroatoms. The fourth-order valence-corrected chi connectivity index (χ4v) is 2.93. The van der Waals surface area contributed by atoms with E-state index in [1.54, 1.807) is 12.1 Å². The SMILES string of the molecule is C[C@@]1(c2cc(F)ccc2F)NC(=O)N(CC(=O)Nc2ccccc2C#N)C1=O. The van der Waals surface area contributed by atoms with Crippen molar-refractivity contribution in [1.82, 2.24) is 10.2 Å². The molecule has 4 amide bonds. The first-order valence-corrected chi connectivity index (χ1v) is 8.15. The fourth-order valence-electron chi connectivity index (χ4n) is 2.93. The molecule has 1 heterocycles. The van der Waals surface area contributed by atoms with Gasteiger partial charge in [-0.2, -0.15) is 5.26 Å². The lowest BCUT2D eigenvalue weighted by Crippen LogP contribution is -2.42. The Hall–Kier alpha value is -3.80. The van der Waals surface area contributed by atoms with Gasteiger partial charge in [-0.15, -0.1) is 0 Å². The number of urea groups is 1. The molecular formula is C19H14F2N4O3. The second-order valence-electron chi connectivity index (χ2n) is 6.28. The standard InChI is InChI=1S/C19H14F2N4O3/c1-19(13-8-12(20)6-7-14(13)21)17(27)25(18(28)24-19)10-16(26)23-15-5-3-2-4-11(15)9-22/h2-8H,10H2,1H3,(H,23,26)(H,24,28)/t19-/m0/s1. The van der Waals surface area contributed by atoms with Crippen LogP contribution in [0.5, 0.6) is 0 Å². The van der Waals surface area contributed by atoms with Crippen LogP contribution < -0.4 is 10.6 Å². The number of benzene rings is 2. The molecule has 28 heavy (non-hydrogen) atoms. The number of nitriles is 1. The van der Waals surface area contributed by atoms with Crippen LogP contribution in [-0.4, -0.2) is 29.3 Å². The number of amides is 4. The smallest absolute Gasteiger partial charge is 0.323 e. The summed E-state index contributed by atoms with van der Waals surface area (Å²) in [7, 11) is 0. The van der Waals surface area contributed by atoms with E-state index in [9.17, 15) is 23.2 Å². The van der Waals surface area contributed by atoms with E-state index in [1.165, 1.54) is 19.1 Å². The second kappa shape index (κ2) is 7.08. The van der Waals surface area contributed by atoms with E-state index >= 15 is 0 Å². The first kappa shape index (κ1) is 19.0. The van der Waals surface area contributed by atoms with Crippen molar-refractivity contribution in [2.45, 2.75) is 12.5 Å². The third-order valence-corrected chi connectivity index (χ3v) is 4.37. The molecule has 0 unspecified atom stereocenters. The van der Waals surface area contributed by atoms with Crippen molar-refractivity contribution in [2.75, 3.05) is 11.9 Å². The highest BCUT2D eigenvalue weighted by Crippen LogP contribution is 2.31. The molecular weight excluding hydrogens is 370 g/mol. The van der Waals surface area contributed by atoms with Crippen LogP contribution in [0.3, 0.4) is 0 Å². The minimum absolute atomic E-state index is 0.208. The van der Waals surface area contributed by atoms with E-state index < -0.39 is 41.6 Å². The van der Waals surface area contributed by atoms with E-state index in [0.29, 0.717) is 4.90 Å². The zero-order valence-electron chi connectivity index (χ0n) is 14.6. The van der Waals surface area contributed by atoms with Crippen molar-refractivity contribution in [3.8, 4) is 6.07 Å². The quantitative estimate of drug-likeness (QED) is 0.789. The molecule has 0 aromatic heterocycles. The van der Waals surface area contributed by atoms with E-state index in [1.807, 2.05) is 6.07 Å². The third-order valence-electron chi connectivity index (χ3n) is 4.37. The molecule has 1 saturated heterocycles. The van der Waals surface area contributed by atoms with Gasteiger partial charge in [0.05, 0.1) is 11.3 Å². The van der Waals surface area contributed by atoms with Crippen molar-refractivity contribution in [3.05, 3.63) is 65.2 Å². The number of rotatable bonds is 4. The van der Waals surface area contributed by atoms with Crippen molar-refractivity contribution >= 4 is 23.5 Å². The lowest BCUT2D eigenvalue weighted by atomic mass is 9.91. The Morgan fingerprint density at radius 1 is 1.25 bits per heavy atom. The molecule has 142 valence electrons. The Morgan fingerprint density at radius 3 is 2.68 bits per heavy atom. The first-order valence-electron chi connectivity index (χ1n) is 8.15.